The maximum Gasteiger partial charge on any atom is 0.258 e. The van der Waals surface area contributed by atoms with Crippen molar-refractivity contribution in [3.8, 4) is 5.95 Å². The Morgan fingerprint density at radius 2 is 2.11 bits per heavy atom. The highest BCUT2D eigenvalue weighted by atomic mass is 15.4. The van der Waals surface area contributed by atoms with E-state index in [4.69, 9.17) is 5.73 Å². The largest absolute Gasteiger partial charge is 0.368 e. The zero-order valence-electron chi connectivity index (χ0n) is 10.9. The minimum absolute atomic E-state index is 0.0482. The van der Waals surface area contributed by atoms with Gasteiger partial charge in [0.15, 0.2) is 0 Å². The number of hydrogen-bond donors (Lipinski definition) is 2. The number of rotatable bonds is 4. The number of nitrogen functional groups attached to an aromatic ring is 1. The Kier molecular flexibility index (Phi) is 2.58. The van der Waals surface area contributed by atoms with E-state index in [2.05, 4.69) is 44.2 Å². The molecule has 0 saturated heterocycles. The van der Waals surface area contributed by atoms with E-state index in [0.29, 0.717) is 17.8 Å². The van der Waals surface area contributed by atoms with Gasteiger partial charge in [-0.2, -0.15) is 24.7 Å². The summed E-state index contributed by atoms with van der Waals surface area (Å²) >= 11 is 0. The molecule has 0 amide bonds. The van der Waals surface area contributed by atoms with Crippen molar-refractivity contribution < 1.29 is 0 Å². The van der Waals surface area contributed by atoms with E-state index in [9.17, 15) is 0 Å². The Balaban J connectivity index is 1.89. The van der Waals surface area contributed by atoms with Crippen molar-refractivity contribution in [2.24, 2.45) is 5.92 Å². The molecular weight excluding hydrogens is 244 g/mol. The molecule has 3 N–H and O–H groups in total. The van der Waals surface area contributed by atoms with Crippen LogP contribution >= 0.6 is 0 Å². The molecule has 3 rings (SSSR count). The van der Waals surface area contributed by atoms with Gasteiger partial charge in [-0.25, -0.2) is 4.98 Å². The Morgan fingerprint density at radius 3 is 2.74 bits per heavy atom. The Labute approximate surface area is 110 Å². The molecule has 2 aromatic rings. The predicted octanol–water partition coefficient (Wildman–Crippen LogP) is 0.635. The summed E-state index contributed by atoms with van der Waals surface area (Å²) in [6, 6.07) is 0. The normalized spacial score (nSPS) is 15.5. The molecule has 1 fully saturated rings. The van der Waals surface area contributed by atoms with E-state index in [0.717, 1.165) is 0 Å². The fourth-order valence-electron chi connectivity index (χ4n) is 2.05. The predicted molar refractivity (Wildman–Crippen MR) is 69.6 cm³/mol. The summed E-state index contributed by atoms with van der Waals surface area (Å²) in [5, 5.41) is 7.30. The summed E-state index contributed by atoms with van der Waals surface area (Å²) in [5.74, 6) is 1.64. The number of nitrogens with two attached hydrogens (primary N) is 1. The van der Waals surface area contributed by atoms with Gasteiger partial charge in [-0.05, 0) is 32.6 Å². The summed E-state index contributed by atoms with van der Waals surface area (Å²) in [6.07, 6.45) is 5.40. The molecule has 0 spiro atoms. The standard InChI is InChI=1S/C11H16N8/c1-11(2,7-3-4-7)18-9-15-8(12)16-10(17-9)19-6-13-5-14-19/h5-7H,3-4H2,1-2H3,(H3,12,15,16,17,18). The van der Waals surface area contributed by atoms with Gasteiger partial charge >= 0.3 is 0 Å². The van der Waals surface area contributed by atoms with Crippen LogP contribution in [0.1, 0.15) is 26.7 Å². The van der Waals surface area contributed by atoms with Gasteiger partial charge in [-0.1, -0.05) is 0 Å². The van der Waals surface area contributed by atoms with E-state index in [1.165, 1.54) is 30.2 Å². The zero-order chi connectivity index (χ0) is 13.5. The number of hydrogen-bond acceptors (Lipinski definition) is 7. The second kappa shape index (κ2) is 4.15. The Hall–Kier alpha value is -2.25. The molecule has 0 atom stereocenters. The lowest BCUT2D eigenvalue weighted by atomic mass is 9.99. The first-order valence-corrected chi connectivity index (χ1v) is 6.19. The highest BCUT2D eigenvalue weighted by Gasteiger charge is 2.38. The fraction of sp³-hybridized carbons (Fsp3) is 0.545. The molecule has 1 saturated carbocycles. The molecular formula is C11H16N8. The molecule has 0 aliphatic heterocycles. The van der Waals surface area contributed by atoms with E-state index in [1.807, 2.05) is 0 Å². The maximum absolute atomic E-state index is 5.71. The molecule has 8 nitrogen and oxygen atoms in total. The Morgan fingerprint density at radius 1 is 1.32 bits per heavy atom. The quantitative estimate of drug-likeness (QED) is 0.830. The van der Waals surface area contributed by atoms with Crippen LogP contribution in [0.15, 0.2) is 12.7 Å². The van der Waals surface area contributed by atoms with Gasteiger partial charge in [-0.15, -0.1) is 0 Å². The van der Waals surface area contributed by atoms with Crippen molar-refractivity contribution in [1.29, 1.82) is 0 Å². The lowest BCUT2D eigenvalue weighted by molar-refractivity contribution is 0.490. The van der Waals surface area contributed by atoms with Crippen molar-refractivity contribution in [2.75, 3.05) is 11.1 Å². The van der Waals surface area contributed by atoms with Gasteiger partial charge in [0.05, 0.1) is 0 Å². The van der Waals surface area contributed by atoms with Gasteiger partial charge in [-0.3, -0.25) is 0 Å². The number of nitrogens with one attached hydrogen (secondary N) is 1. The van der Waals surface area contributed by atoms with Crippen LogP contribution in [0.3, 0.4) is 0 Å². The highest BCUT2D eigenvalue weighted by Crippen LogP contribution is 2.40. The highest BCUT2D eigenvalue weighted by molar-refractivity contribution is 5.37. The van der Waals surface area contributed by atoms with Crippen LogP contribution in [-0.4, -0.2) is 35.3 Å². The van der Waals surface area contributed by atoms with Crippen LogP contribution in [0.2, 0.25) is 0 Å². The third kappa shape index (κ3) is 2.47. The second-order valence-corrected chi connectivity index (χ2v) is 5.28. The first-order chi connectivity index (χ1) is 9.04. The van der Waals surface area contributed by atoms with E-state index >= 15 is 0 Å². The van der Waals surface area contributed by atoms with Crippen molar-refractivity contribution in [1.82, 2.24) is 29.7 Å². The lowest BCUT2D eigenvalue weighted by Crippen LogP contribution is -2.34. The van der Waals surface area contributed by atoms with Gasteiger partial charge < -0.3 is 11.1 Å². The average Bonchev–Trinajstić information content (AvgIpc) is 3.05. The van der Waals surface area contributed by atoms with Crippen LogP contribution < -0.4 is 11.1 Å². The minimum Gasteiger partial charge on any atom is -0.368 e. The smallest absolute Gasteiger partial charge is 0.258 e. The van der Waals surface area contributed by atoms with Crippen LogP contribution in [-0.2, 0) is 0 Å². The summed E-state index contributed by atoms with van der Waals surface area (Å²) in [5.41, 5.74) is 5.66. The second-order valence-electron chi connectivity index (χ2n) is 5.28. The molecule has 8 heteroatoms. The molecule has 0 aromatic carbocycles. The average molecular weight is 260 g/mol. The van der Waals surface area contributed by atoms with Crippen molar-refractivity contribution >= 4 is 11.9 Å². The van der Waals surface area contributed by atoms with Gasteiger partial charge in [0.2, 0.25) is 11.9 Å². The summed E-state index contributed by atoms with van der Waals surface area (Å²) in [6.45, 7) is 4.28. The Bertz CT molecular complexity index is 572. The van der Waals surface area contributed by atoms with E-state index in [-0.39, 0.29) is 11.5 Å². The molecule has 0 radical (unpaired) electrons. The van der Waals surface area contributed by atoms with Crippen molar-refractivity contribution in [2.45, 2.75) is 32.2 Å². The topological polar surface area (TPSA) is 107 Å². The first kappa shape index (κ1) is 11.8. The van der Waals surface area contributed by atoms with Gasteiger partial charge in [0.25, 0.3) is 5.95 Å². The summed E-state index contributed by atoms with van der Waals surface area (Å²) < 4.78 is 1.45. The zero-order valence-corrected chi connectivity index (χ0v) is 10.9. The number of anilines is 2. The monoisotopic (exact) mass is 260 g/mol. The summed E-state index contributed by atoms with van der Waals surface area (Å²) in [7, 11) is 0. The van der Waals surface area contributed by atoms with Gasteiger partial charge in [0, 0.05) is 5.54 Å². The van der Waals surface area contributed by atoms with Crippen LogP contribution in [0.5, 0.6) is 0 Å². The molecule has 2 aromatic heterocycles. The molecule has 100 valence electrons. The minimum atomic E-state index is -0.0482. The molecule has 0 unspecified atom stereocenters. The number of nitrogens with zero attached hydrogens (tertiary/aromatic N) is 6. The molecule has 2 heterocycles. The molecule has 0 bridgehead atoms. The SMILES string of the molecule is CC(C)(Nc1nc(N)nc(-n2cncn2)n1)C1CC1. The van der Waals surface area contributed by atoms with E-state index < -0.39 is 0 Å². The molecule has 19 heavy (non-hydrogen) atoms. The van der Waals surface area contributed by atoms with Crippen LogP contribution in [0, 0.1) is 5.92 Å². The lowest BCUT2D eigenvalue weighted by Gasteiger charge is -2.26. The fourth-order valence-corrected chi connectivity index (χ4v) is 2.05. The summed E-state index contributed by atoms with van der Waals surface area (Å²) in [4.78, 5) is 16.3. The van der Waals surface area contributed by atoms with Crippen molar-refractivity contribution in [3.63, 3.8) is 0 Å². The number of aromatic nitrogens is 6. The third-order valence-electron chi connectivity index (χ3n) is 3.30. The van der Waals surface area contributed by atoms with E-state index in [1.54, 1.807) is 0 Å². The van der Waals surface area contributed by atoms with Gasteiger partial charge in [0.1, 0.15) is 12.7 Å². The third-order valence-corrected chi connectivity index (χ3v) is 3.30. The van der Waals surface area contributed by atoms with Crippen molar-refractivity contribution in [3.05, 3.63) is 12.7 Å². The first-order valence-electron chi connectivity index (χ1n) is 6.19. The van der Waals surface area contributed by atoms with Crippen LogP contribution in [0.4, 0.5) is 11.9 Å². The van der Waals surface area contributed by atoms with Crippen LogP contribution in [0.25, 0.3) is 5.95 Å². The molecule has 1 aliphatic carbocycles. The molecule has 1 aliphatic rings. The maximum atomic E-state index is 5.71.